The summed E-state index contributed by atoms with van der Waals surface area (Å²) in [6.45, 7) is 3.13. The second kappa shape index (κ2) is 8.56. The predicted octanol–water partition coefficient (Wildman–Crippen LogP) is 3.35. The van der Waals surface area contributed by atoms with Crippen molar-refractivity contribution in [2.75, 3.05) is 20.3 Å². The summed E-state index contributed by atoms with van der Waals surface area (Å²) in [5, 5.41) is 7.86. The van der Waals surface area contributed by atoms with Crippen LogP contribution in [-0.2, 0) is 11.2 Å². The Morgan fingerprint density at radius 1 is 1.27 bits per heavy atom. The van der Waals surface area contributed by atoms with Crippen LogP contribution < -0.4 is 10.6 Å². The van der Waals surface area contributed by atoms with Gasteiger partial charge in [-0.25, -0.2) is 4.79 Å². The lowest BCUT2D eigenvalue weighted by Gasteiger charge is -2.19. The zero-order valence-corrected chi connectivity index (χ0v) is 13.8. The van der Waals surface area contributed by atoms with Crippen molar-refractivity contribution >= 4 is 17.4 Å². The molecule has 0 spiro atoms. The number of ether oxygens (including phenoxy) is 1. The predicted molar refractivity (Wildman–Crippen MR) is 90.4 cm³/mol. The van der Waals surface area contributed by atoms with Gasteiger partial charge in [0, 0.05) is 18.5 Å². The Labute approximate surface area is 135 Å². The van der Waals surface area contributed by atoms with Crippen molar-refractivity contribution in [1.29, 1.82) is 0 Å². The summed E-state index contributed by atoms with van der Waals surface area (Å²) in [5.41, 5.74) is 2.37. The Kier molecular flexibility index (Phi) is 6.43. The van der Waals surface area contributed by atoms with Crippen molar-refractivity contribution in [1.82, 2.24) is 10.6 Å². The van der Waals surface area contributed by atoms with E-state index in [4.69, 9.17) is 4.74 Å². The number of hydrogen-bond acceptors (Lipinski definition) is 3. The van der Waals surface area contributed by atoms with E-state index in [1.807, 2.05) is 17.5 Å². The molecular formula is C17H22N2O2S. The molecule has 118 valence electrons. The third kappa shape index (κ3) is 4.58. The van der Waals surface area contributed by atoms with Gasteiger partial charge in [-0.1, -0.05) is 37.3 Å². The number of amides is 2. The minimum Gasteiger partial charge on any atom is -0.383 e. The number of nitrogens with one attached hydrogen (secondary N) is 2. The summed E-state index contributed by atoms with van der Waals surface area (Å²) in [7, 11) is 1.61. The zero-order valence-electron chi connectivity index (χ0n) is 13.0. The maximum absolute atomic E-state index is 12.0. The highest BCUT2D eigenvalue weighted by atomic mass is 32.1. The van der Waals surface area contributed by atoms with Gasteiger partial charge < -0.3 is 15.4 Å². The Morgan fingerprint density at radius 3 is 2.64 bits per heavy atom. The van der Waals surface area contributed by atoms with Crippen LogP contribution in [0.5, 0.6) is 0 Å². The van der Waals surface area contributed by atoms with Crippen LogP contribution in [0.1, 0.15) is 29.0 Å². The minimum absolute atomic E-state index is 0.131. The molecule has 4 nitrogen and oxygen atoms in total. The van der Waals surface area contributed by atoms with Gasteiger partial charge in [0.1, 0.15) is 0 Å². The topological polar surface area (TPSA) is 50.4 Å². The summed E-state index contributed by atoms with van der Waals surface area (Å²) < 4.78 is 4.94. The first-order valence-corrected chi connectivity index (χ1v) is 8.28. The molecule has 0 fully saturated rings. The maximum Gasteiger partial charge on any atom is 0.315 e. The average Bonchev–Trinajstić information content (AvgIpc) is 3.07. The Bertz CT molecular complexity index is 567. The molecule has 1 atom stereocenters. The number of hydrogen-bond donors (Lipinski definition) is 2. The van der Waals surface area contributed by atoms with Crippen LogP contribution in [0, 0.1) is 0 Å². The van der Waals surface area contributed by atoms with Crippen molar-refractivity contribution in [3.63, 3.8) is 0 Å². The van der Waals surface area contributed by atoms with Crippen molar-refractivity contribution in [3.8, 4) is 0 Å². The molecule has 0 aliphatic heterocycles. The van der Waals surface area contributed by atoms with Crippen LogP contribution >= 0.6 is 11.3 Å². The number of carbonyl (C=O) groups excluding carboxylic acids is 1. The van der Waals surface area contributed by atoms with Crippen LogP contribution in [0.4, 0.5) is 4.79 Å². The van der Waals surface area contributed by atoms with Crippen LogP contribution in [0.25, 0.3) is 0 Å². The van der Waals surface area contributed by atoms with Gasteiger partial charge in [0.25, 0.3) is 0 Å². The monoisotopic (exact) mass is 318 g/mol. The van der Waals surface area contributed by atoms with Crippen LogP contribution in [0.2, 0.25) is 0 Å². The summed E-state index contributed by atoms with van der Waals surface area (Å²) in [6.07, 6.45) is 1.01. The molecule has 0 radical (unpaired) electrons. The number of aryl methyl sites for hydroxylation is 1. The van der Waals surface area contributed by atoms with E-state index in [0.29, 0.717) is 13.2 Å². The molecule has 0 saturated heterocycles. The van der Waals surface area contributed by atoms with Gasteiger partial charge in [-0.2, -0.15) is 0 Å². The molecule has 0 aliphatic rings. The first-order valence-electron chi connectivity index (χ1n) is 7.40. The first kappa shape index (κ1) is 16.5. The fourth-order valence-electron chi connectivity index (χ4n) is 2.17. The highest BCUT2D eigenvalue weighted by molar-refractivity contribution is 7.10. The van der Waals surface area contributed by atoms with Crippen LogP contribution in [0.3, 0.4) is 0 Å². The maximum atomic E-state index is 12.0. The largest absolute Gasteiger partial charge is 0.383 e. The highest BCUT2D eigenvalue weighted by Crippen LogP contribution is 2.26. The van der Waals surface area contributed by atoms with Gasteiger partial charge in [-0.3, -0.25) is 0 Å². The number of rotatable bonds is 7. The van der Waals surface area contributed by atoms with Crippen LogP contribution in [-0.4, -0.2) is 26.3 Å². The summed E-state index contributed by atoms with van der Waals surface area (Å²) in [6, 6.07) is 12.1. The third-order valence-electron chi connectivity index (χ3n) is 3.42. The minimum atomic E-state index is -0.185. The molecule has 2 aromatic rings. The van der Waals surface area contributed by atoms with Crippen molar-refractivity contribution in [3.05, 3.63) is 57.8 Å². The number of carbonyl (C=O) groups is 1. The third-order valence-corrected chi connectivity index (χ3v) is 4.35. The number of urea groups is 1. The normalized spacial score (nSPS) is 11.9. The molecule has 1 heterocycles. The summed E-state index contributed by atoms with van der Waals surface area (Å²) in [5.74, 6) is 0. The van der Waals surface area contributed by atoms with E-state index in [-0.39, 0.29) is 12.1 Å². The van der Waals surface area contributed by atoms with Gasteiger partial charge in [0.2, 0.25) is 0 Å². The molecule has 1 aromatic carbocycles. The van der Waals surface area contributed by atoms with E-state index in [1.165, 1.54) is 5.56 Å². The molecule has 0 bridgehead atoms. The lowest BCUT2D eigenvalue weighted by molar-refractivity contribution is 0.195. The summed E-state index contributed by atoms with van der Waals surface area (Å²) >= 11 is 1.64. The van der Waals surface area contributed by atoms with E-state index < -0.39 is 0 Å². The highest BCUT2D eigenvalue weighted by Gasteiger charge is 2.17. The molecule has 1 aromatic heterocycles. The Hall–Kier alpha value is -1.85. The van der Waals surface area contributed by atoms with Gasteiger partial charge in [0.05, 0.1) is 12.6 Å². The number of benzene rings is 1. The van der Waals surface area contributed by atoms with Gasteiger partial charge in [0.15, 0.2) is 0 Å². The fraction of sp³-hybridized carbons (Fsp3) is 0.353. The molecule has 22 heavy (non-hydrogen) atoms. The average molecular weight is 318 g/mol. The van der Waals surface area contributed by atoms with E-state index in [0.717, 1.165) is 16.9 Å². The molecular weight excluding hydrogens is 296 g/mol. The molecule has 2 N–H and O–H groups in total. The van der Waals surface area contributed by atoms with Crippen molar-refractivity contribution in [2.24, 2.45) is 0 Å². The van der Waals surface area contributed by atoms with Crippen LogP contribution in [0.15, 0.2) is 41.8 Å². The number of thiophene rings is 1. The Morgan fingerprint density at radius 2 is 2.05 bits per heavy atom. The van der Waals surface area contributed by atoms with E-state index >= 15 is 0 Å². The fourth-order valence-corrected chi connectivity index (χ4v) is 2.97. The first-order chi connectivity index (χ1) is 10.7. The Balaban J connectivity index is 2.11. The molecule has 5 heteroatoms. The lowest BCUT2D eigenvalue weighted by Crippen LogP contribution is -2.39. The summed E-state index contributed by atoms with van der Waals surface area (Å²) in [4.78, 5) is 13.2. The van der Waals surface area contributed by atoms with Crippen molar-refractivity contribution < 1.29 is 9.53 Å². The van der Waals surface area contributed by atoms with Crippen molar-refractivity contribution in [2.45, 2.75) is 19.4 Å². The molecule has 0 aliphatic carbocycles. The van der Waals surface area contributed by atoms with E-state index in [9.17, 15) is 4.79 Å². The lowest BCUT2D eigenvalue weighted by atomic mass is 10.0. The molecule has 2 amide bonds. The molecule has 0 unspecified atom stereocenters. The number of methoxy groups -OCH3 is 1. The standard InChI is InChI=1S/C17H22N2O2S/c1-3-13-6-8-14(9-7-13)16(15-5-4-12-22-15)19-17(20)18-10-11-21-2/h4-9,12,16H,3,10-11H2,1-2H3,(H2,18,19,20)/t16-/m1/s1. The smallest absolute Gasteiger partial charge is 0.315 e. The SMILES string of the molecule is CCc1ccc([C@@H](NC(=O)NCCOC)c2cccs2)cc1. The zero-order chi connectivity index (χ0) is 15.8. The molecule has 2 rings (SSSR count). The van der Waals surface area contributed by atoms with Gasteiger partial charge >= 0.3 is 6.03 Å². The van der Waals surface area contributed by atoms with Gasteiger partial charge in [-0.05, 0) is 29.0 Å². The quantitative estimate of drug-likeness (QED) is 0.769. The van der Waals surface area contributed by atoms with Gasteiger partial charge in [-0.15, -0.1) is 11.3 Å². The van der Waals surface area contributed by atoms with E-state index in [2.05, 4.69) is 41.8 Å². The van der Waals surface area contributed by atoms with E-state index in [1.54, 1.807) is 18.4 Å². The second-order valence-corrected chi connectivity index (χ2v) is 5.92. The molecule has 0 saturated carbocycles. The second-order valence-electron chi connectivity index (χ2n) is 4.94.